The largest absolute Gasteiger partial charge is 0.369 e. The fourth-order valence-corrected chi connectivity index (χ4v) is 3.03. The van der Waals surface area contributed by atoms with Gasteiger partial charge < -0.3 is 10.3 Å². The molecule has 0 saturated heterocycles. The molecular formula is C14H19N3. The minimum atomic E-state index is 0.658. The average molecular weight is 229 g/mol. The molecule has 1 aliphatic carbocycles. The highest BCUT2D eigenvalue weighted by Crippen LogP contribution is 2.32. The lowest BCUT2D eigenvalue weighted by atomic mass is 10.1. The smallest absolute Gasteiger partial charge is 0.201 e. The summed E-state index contributed by atoms with van der Waals surface area (Å²) in [5.41, 5.74) is 8.20. The van der Waals surface area contributed by atoms with Crippen molar-refractivity contribution in [3.8, 4) is 0 Å². The van der Waals surface area contributed by atoms with Crippen molar-refractivity contribution in [3.63, 3.8) is 0 Å². The standard InChI is InChI=1S/C14H19N3/c1-10-6-7-11(8-10)9-17-13-5-3-2-4-12(13)16-14(17)15/h2-5,10-11H,6-9H2,1H3,(H2,15,16). The van der Waals surface area contributed by atoms with Gasteiger partial charge >= 0.3 is 0 Å². The van der Waals surface area contributed by atoms with E-state index in [1.807, 2.05) is 12.1 Å². The Morgan fingerprint density at radius 2 is 2.18 bits per heavy atom. The lowest BCUT2D eigenvalue weighted by molar-refractivity contribution is 0.450. The van der Waals surface area contributed by atoms with Gasteiger partial charge in [0.15, 0.2) is 0 Å². The van der Waals surface area contributed by atoms with Crippen LogP contribution in [0.5, 0.6) is 0 Å². The highest BCUT2D eigenvalue weighted by Gasteiger charge is 2.22. The van der Waals surface area contributed by atoms with E-state index in [4.69, 9.17) is 5.73 Å². The molecule has 1 saturated carbocycles. The number of para-hydroxylation sites is 2. The van der Waals surface area contributed by atoms with E-state index >= 15 is 0 Å². The Morgan fingerprint density at radius 1 is 1.35 bits per heavy atom. The number of nitrogens with two attached hydrogens (primary N) is 1. The fraction of sp³-hybridized carbons (Fsp3) is 0.500. The summed E-state index contributed by atoms with van der Waals surface area (Å²) in [6.07, 6.45) is 4.01. The summed E-state index contributed by atoms with van der Waals surface area (Å²) in [6, 6.07) is 8.20. The molecule has 2 aromatic rings. The number of nitrogen functional groups attached to an aromatic ring is 1. The summed E-state index contributed by atoms with van der Waals surface area (Å²) in [5, 5.41) is 0. The Morgan fingerprint density at radius 3 is 2.94 bits per heavy atom. The molecule has 0 aliphatic heterocycles. The molecule has 2 N–H and O–H groups in total. The molecule has 2 atom stereocenters. The number of rotatable bonds is 2. The van der Waals surface area contributed by atoms with Crippen LogP contribution in [0.2, 0.25) is 0 Å². The van der Waals surface area contributed by atoms with Gasteiger partial charge in [-0.1, -0.05) is 25.5 Å². The highest BCUT2D eigenvalue weighted by molar-refractivity contribution is 5.78. The second-order valence-corrected chi connectivity index (χ2v) is 5.35. The van der Waals surface area contributed by atoms with Gasteiger partial charge in [0.05, 0.1) is 11.0 Å². The molecule has 0 radical (unpaired) electrons. The van der Waals surface area contributed by atoms with E-state index in [0.717, 1.165) is 23.9 Å². The summed E-state index contributed by atoms with van der Waals surface area (Å²) in [4.78, 5) is 4.41. The molecule has 0 spiro atoms. The van der Waals surface area contributed by atoms with Gasteiger partial charge in [0.1, 0.15) is 0 Å². The lowest BCUT2D eigenvalue weighted by Crippen LogP contribution is -2.10. The van der Waals surface area contributed by atoms with Gasteiger partial charge in [-0.05, 0) is 36.8 Å². The molecule has 1 fully saturated rings. The molecule has 17 heavy (non-hydrogen) atoms. The van der Waals surface area contributed by atoms with Crippen LogP contribution in [0.3, 0.4) is 0 Å². The Balaban J connectivity index is 1.91. The van der Waals surface area contributed by atoms with Gasteiger partial charge in [0, 0.05) is 6.54 Å². The number of aromatic nitrogens is 2. The molecular weight excluding hydrogens is 210 g/mol. The monoisotopic (exact) mass is 229 g/mol. The molecule has 90 valence electrons. The molecule has 2 unspecified atom stereocenters. The van der Waals surface area contributed by atoms with Gasteiger partial charge in [-0.15, -0.1) is 0 Å². The maximum Gasteiger partial charge on any atom is 0.201 e. The zero-order valence-corrected chi connectivity index (χ0v) is 10.3. The van der Waals surface area contributed by atoms with Gasteiger partial charge in [0.2, 0.25) is 5.95 Å². The number of hydrogen-bond donors (Lipinski definition) is 1. The number of benzene rings is 1. The number of imidazole rings is 1. The maximum absolute atomic E-state index is 6.02. The second-order valence-electron chi connectivity index (χ2n) is 5.35. The number of anilines is 1. The maximum atomic E-state index is 6.02. The van der Waals surface area contributed by atoms with Crippen LogP contribution in [-0.4, -0.2) is 9.55 Å². The van der Waals surface area contributed by atoms with Crippen molar-refractivity contribution < 1.29 is 0 Å². The molecule has 1 aromatic carbocycles. The zero-order valence-electron chi connectivity index (χ0n) is 10.3. The Hall–Kier alpha value is -1.51. The van der Waals surface area contributed by atoms with E-state index in [0.29, 0.717) is 5.95 Å². The third kappa shape index (κ3) is 1.90. The third-order valence-electron chi connectivity index (χ3n) is 3.93. The van der Waals surface area contributed by atoms with Crippen LogP contribution in [0.15, 0.2) is 24.3 Å². The minimum Gasteiger partial charge on any atom is -0.369 e. The van der Waals surface area contributed by atoms with E-state index < -0.39 is 0 Å². The van der Waals surface area contributed by atoms with Crippen LogP contribution in [-0.2, 0) is 6.54 Å². The summed E-state index contributed by atoms with van der Waals surface area (Å²) >= 11 is 0. The SMILES string of the molecule is CC1CCC(Cn2c(N)nc3ccccc32)C1. The molecule has 0 bridgehead atoms. The highest BCUT2D eigenvalue weighted by atomic mass is 15.2. The van der Waals surface area contributed by atoms with E-state index in [1.165, 1.54) is 24.8 Å². The topological polar surface area (TPSA) is 43.8 Å². The van der Waals surface area contributed by atoms with E-state index in [9.17, 15) is 0 Å². The van der Waals surface area contributed by atoms with Crippen LogP contribution < -0.4 is 5.73 Å². The van der Waals surface area contributed by atoms with Crippen molar-refractivity contribution in [1.82, 2.24) is 9.55 Å². The fourth-order valence-electron chi connectivity index (χ4n) is 3.03. The number of nitrogens with zero attached hydrogens (tertiary/aromatic N) is 2. The summed E-state index contributed by atoms with van der Waals surface area (Å²) in [5.74, 6) is 2.30. The van der Waals surface area contributed by atoms with Gasteiger partial charge in [0.25, 0.3) is 0 Å². The normalized spacial score (nSPS) is 24.5. The predicted molar refractivity (Wildman–Crippen MR) is 70.7 cm³/mol. The van der Waals surface area contributed by atoms with Crippen molar-refractivity contribution >= 4 is 17.0 Å². The molecule has 3 rings (SSSR count). The van der Waals surface area contributed by atoms with E-state index in [-0.39, 0.29) is 0 Å². The molecule has 3 nitrogen and oxygen atoms in total. The Bertz CT molecular complexity index is 529. The summed E-state index contributed by atoms with van der Waals surface area (Å²) in [7, 11) is 0. The van der Waals surface area contributed by atoms with Crippen molar-refractivity contribution in [2.75, 3.05) is 5.73 Å². The van der Waals surface area contributed by atoms with Gasteiger partial charge in [-0.25, -0.2) is 4.98 Å². The molecule has 1 aliphatic rings. The molecule has 1 aromatic heterocycles. The van der Waals surface area contributed by atoms with Gasteiger partial charge in [-0.3, -0.25) is 0 Å². The van der Waals surface area contributed by atoms with Crippen molar-refractivity contribution in [3.05, 3.63) is 24.3 Å². The minimum absolute atomic E-state index is 0.658. The number of hydrogen-bond acceptors (Lipinski definition) is 2. The van der Waals surface area contributed by atoms with Gasteiger partial charge in [-0.2, -0.15) is 0 Å². The van der Waals surface area contributed by atoms with Crippen LogP contribution in [0.1, 0.15) is 26.2 Å². The molecule has 3 heteroatoms. The summed E-state index contributed by atoms with van der Waals surface area (Å²) in [6.45, 7) is 3.37. The molecule has 0 amide bonds. The van der Waals surface area contributed by atoms with Crippen molar-refractivity contribution in [1.29, 1.82) is 0 Å². The van der Waals surface area contributed by atoms with Crippen molar-refractivity contribution in [2.45, 2.75) is 32.7 Å². The quantitative estimate of drug-likeness (QED) is 0.860. The predicted octanol–water partition coefficient (Wildman–Crippen LogP) is 3.05. The second kappa shape index (κ2) is 4.06. The lowest BCUT2D eigenvalue weighted by Gasteiger charge is -2.12. The number of fused-ring (bicyclic) bond motifs is 1. The van der Waals surface area contributed by atoms with Crippen LogP contribution in [0, 0.1) is 11.8 Å². The van der Waals surface area contributed by atoms with Crippen molar-refractivity contribution in [2.24, 2.45) is 11.8 Å². The Kier molecular flexibility index (Phi) is 2.54. The van der Waals surface area contributed by atoms with E-state index in [2.05, 4.69) is 28.6 Å². The first kappa shape index (κ1) is 10.6. The zero-order chi connectivity index (χ0) is 11.8. The summed E-state index contributed by atoms with van der Waals surface area (Å²) < 4.78 is 2.18. The average Bonchev–Trinajstić information content (AvgIpc) is 2.85. The van der Waals surface area contributed by atoms with Crippen LogP contribution in [0.25, 0.3) is 11.0 Å². The Labute approximate surface area is 102 Å². The van der Waals surface area contributed by atoms with Crippen LogP contribution in [0.4, 0.5) is 5.95 Å². The molecule has 1 heterocycles. The van der Waals surface area contributed by atoms with E-state index in [1.54, 1.807) is 0 Å². The first-order valence-electron chi connectivity index (χ1n) is 6.45. The first-order valence-corrected chi connectivity index (χ1v) is 6.45. The first-order chi connectivity index (χ1) is 8.24. The third-order valence-corrected chi connectivity index (χ3v) is 3.93. The van der Waals surface area contributed by atoms with Crippen LogP contribution >= 0.6 is 0 Å².